The Bertz CT molecular complexity index is 533. The second-order valence-electron chi connectivity index (χ2n) is 6.30. The number of fused-ring (bicyclic) bond motifs is 2. The van der Waals surface area contributed by atoms with E-state index in [4.69, 9.17) is 5.11 Å². The van der Waals surface area contributed by atoms with Gasteiger partial charge in [-0.3, -0.25) is 19.6 Å². The van der Waals surface area contributed by atoms with Gasteiger partial charge in [-0.05, 0) is 19.2 Å². The van der Waals surface area contributed by atoms with Crippen molar-refractivity contribution < 1.29 is 15.0 Å². The molecule has 7 nitrogen and oxygen atoms in total. The van der Waals surface area contributed by atoms with Crippen LogP contribution in [0.15, 0.2) is 30.5 Å². The van der Waals surface area contributed by atoms with E-state index >= 15 is 0 Å². The van der Waals surface area contributed by atoms with E-state index in [1.165, 1.54) is 0 Å². The lowest BCUT2D eigenvalue weighted by molar-refractivity contribution is -0.138. The zero-order valence-electron chi connectivity index (χ0n) is 14.2. The average molecular weight is 334 g/mol. The number of carboxylic acid groups (broad SMARTS) is 1. The van der Waals surface area contributed by atoms with Gasteiger partial charge in [0.25, 0.3) is 0 Å². The molecule has 0 aromatic carbocycles. The van der Waals surface area contributed by atoms with Crippen molar-refractivity contribution in [3.63, 3.8) is 0 Å². The highest BCUT2D eigenvalue weighted by Crippen LogP contribution is 2.09. The molecule has 2 rings (SSSR count). The summed E-state index contributed by atoms with van der Waals surface area (Å²) < 4.78 is 0. The zero-order chi connectivity index (χ0) is 17.5. The van der Waals surface area contributed by atoms with E-state index in [2.05, 4.69) is 21.4 Å². The number of nitrogens with zero attached hydrogens (tertiary/aromatic N) is 4. The van der Waals surface area contributed by atoms with E-state index in [-0.39, 0.29) is 12.3 Å². The molecule has 0 unspecified atom stereocenters. The maximum atomic E-state index is 11.1. The van der Waals surface area contributed by atoms with E-state index in [1.807, 2.05) is 30.1 Å². The number of hydrogen-bond donors (Lipinski definition) is 2. The molecule has 0 aliphatic carbocycles. The zero-order valence-corrected chi connectivity index (χ0v) is 14.2. The van der Waals surface area contributed by atoms with Crippen molar-refractivity contribution >= 4 is 5.97 Å². The van der Waals surface area contributed by atoms with Gasteiger partial charge in [-0.2, -0.15) is 0 Å². The third-order valence-corrected chi connectivity index (χ3v) is 4.00. The molecule has 1 aliphatic heterocycles. The van der Waals surface area contributed by atoms with Gasteiger partial charge in [0.05, 0.1) is 30.2 Å². The molecule has 132 valence electrons. The molecule has 2 N–H and O–H groups in total. The average Bonchev–Trinajstić information content (AvgIpc) is 2.49. The molecule has 2 bridgehead atoms. The van der Waals surface area contributed by atoms with Crippen LogP contribution in [0.2, 0.25) is 0 Å². The van der Waals surface area contributed by atoms with Crippen molar-refractivity contribution in [3.05, 3.63) is 41.9 Å². The minimum atomic E-state index is -0.825. The second kappa shape index (κ2) is 8.77. The van der Waals surface area contributed by atoms with Crippen LogP contribution >= 0.6 is 0 Å². The minimum Gasteiger partial charge on any atom is -0.512 e. The summed E-state index contributed by atoms with van der Waals surface area (Å²) in [5, 5.41) is 18.6. The highest BCUT2D eigenvalue weighted by Gasteiger charge is 2.16. The number of hydrogen-bond acceptors (Lipinski definition) is 6. The first-order valence-electron chi connectivity index (χ1n) is 8.09. The van der Waals surface area contributed by atoms with E-state index in [1.54, 1.807) is 0 Å². The minimum absolute atomic E-state index is 0.0101. The van der Waals surface area contributed by atoms with Gasteiger partial charge in [0.1, 0.15) is 0 Å². The standard InChI is InChI=1S/C17H26N4O3/c1-14(22)10-20-8-6-19(2)7-9-21(13-17(23)24)12-16-5-3-4-15(11-20)18-16/h3-5,22H,1,6-13H2,2H3,(H,23,24). The molecule has 1 aliphatic rings. The Morgan fingerprint density at radius 1 is 1.08 bits per heavy atom. The van der Waals surface area contributed by atoms with Crippen molar-refractivity contribution in [2.24, 2.45) is 0 Å². The summed E-state index contributed by atoms with van der Waals surface area (Å²) in [6, 6.07) is 5.82. The molecule has 2 heterocycles. The molecule has 0 amide bonds. The fourth-order valence-corrected chi connectivity index (χ4v) is 2.78. The first-order chi connectivity index (χ1) is 11.4. The lowest BCUT2D eigenvalue weighted by atomic mass is 10.2. The highest BCUT2D eigenvalue weighted by atomic mass is 16.4. The van der Waals surface area contributed by atoms with E-state index < -0.39 is 5.97 Å². The van der Waals surface area contributed by atoms with E-state index in [0.717, 1.165) is 31.0 Å². The van der Waals surface area contributed by atoms with Gasteiger partial charge in [0.15, 0.2) is 0 Å². The molecule has 1 aromatic rings. The Morgan fingerprint density at radius 3 is 2.12 bits per heavy atom. The molecule has 24 heavy (non-hydrogen) atoms. The Morgan fingerprint density at radius 2 is 1.62 bits per heavy atom. The summed E-state index contributed by atoms with van der Waals surface area (Å²) >= 11 is 0. The van der Waals surface area contributed by atoms with Crippen molar-refractivity contribution in [2.75, 3.05) is 46.3 Å². The summed E-state index contributed by atoms with van der Waals surface area (Å²) in [6.07, 6.45) is 0. The SMILES string of the molecule is C=C(O)CN1CCN(C)CCN(CC(=O)O)Cc2cccc(n2)C1. The van der Waals surface area contributed by atoms with Crippen molar-refractivity contribution in [3.8, 4) is 0 Å². The number of aliphatic carboxylic acids is 1. The van der Waals surface area contributed by atoms with Crippen LogP contribution in [-0.2, 0) is 17.9 Å². The van der Waals surface area contributed by atoms with Crippen LogP contribution < -0.4 is 0 Å². The van der Waals surface area contributed by atoms with E-state index in [0.29, 0.717) is 26.2 Å². The van der Waals surface area contributed by atoms with Crippen LogP contribution in [0.3, 0.4) is 0 Å². The third-order valence-electron chi connectivity index (χ3n) is 4.00. The number of carbonyl (C=O) groups is 1. The Kier molecular flexibility index (Phi) is 6.72. The predicted octanol–water partition coefficient (Wildman–Crippen LogP) is 0.787. The number of aliphatic hydroxyl groups is 1. The van der Waals surface area contributed by atoms with E-state index in [9.17, 15) is 9.90 Å². The molecule has 7 heteroatoms. The topological polar surface area (TPSA) is 80.1 Å². The van der Waals surface area contributed by atoms with Crippen molar-refractivity contribution in [1.82, 2.24) is 19.7 Å². The van der Waals surface area contributed by atoms with Gasteiger partial charge >= 0.3 is 5.97 Å². The second-order valence-corrected chi connectivity index (χ2v) is 6.30. The van der Waals surface area contributed by atoms with Crippen LogP contribution in [0.25, 0.3) is 0 Å². The molecule has 0 radical (unpaired) electrons. The first kappa shape index (κ1) is 18.4. The maximum absolute atomic E-state index is 11.1. The van der Waals surface area contributed by atoms with Crippen LogP contribution in [0.1, 0.15) is 11.4 Å². The third kappa shape index (κ3) is 6.27. The summed E-state index contributed by atoms with van der Waals surface area (Å²) in [6.45, 7) is 8.21. The Balaban J connectivity index is 2.19. The van der Waals surface area contributed by atoms with Crippen LogP contribution in [-0.4, -0.2) is 82.2 Å². The van der Waals surface area contributed by atoms with Crippen LogP contribution in [0.5, 0.6) is 0 Å². The largest absolute Gasteiger partial charge is 0.512 e. The first-order valence-corrected chi connectivity index (χ1v) is 8.09. The number of aromatic nitrogens is 1. The molecule has 0 atom stereocenters. The monoisotopic (exact) mass is 334 g/mol. The van der Waals surface area contributed by atoms with Gasteiger partial charge in [-0.1, -0.05) is 12.6 Å². The highest BCUT2D eigenvalue weighted by molar-refractivity contribution is 5.69. The lowest BCUT2D eigenvalue weighted by Gasteiger charge is -2.28. The number of pyridine rings is 1. The molecule has 0 saturated heterocycles. The summed E-state index contributed by atoms with van der Waals surface area (Å²) in [4.78, 5) is 21.9. The van der Waals surface area contributed by atoms with Gasteiger partial charge in [0.2, 0.25) is 0 Å². The van der Waals surface area contributed by atoms with Gasteiger partial charge in [-0.15, -0.1) is 0 Å². The fraction of sp³-hybridized carbons (Fsp3) is 0.529. The smallest absolute Gasteiger partial charge is 0.317 e. The normalized spacial score (nSPS) is 18.5. The lowest BCUT2D eigenvalue weighted by Crippen LogP contribution is -2.40. The number of aliphatic hydroxyl groups excluding tert-OH is 1. The predicted molar refractivity (Wildman–Crippen MR) is 91.7 cm³/mol. The maximum Gasteiger partial charge on any atom is 0.317 e. The molecule has 0 saturated carbocycles. The summed E-state index contributed by atoms with van der Waals surface area (Å²) in [7, 11) is 2.02. The molecular formula is C17H26N4O3. The number of rotatable bonds is 4. The van der Waals surface area contributed by atoms with Crippen LogP contribution in [0, 0.1) is 0 Å². The van der Waals surface area contributed by atoms with Crippen molar-refractivity contribution in [2.45, 2.75) is 13.1 Å². The number of carboxylic acids is 1. The Hall–Kier alpha value is -1.96. The molecule has 0 fully saturated rings. The number of likely N-dealkylation sites (N-methyl/N-ethyl adjacent to an activating group) is 1. The van der Waals surface area contributed by atoms with Gasteiger partial charge in [-0.25, -0.2) is 0 Å². The van der Waals surface area contributed by atoms with Crippen LogP contribution in [0.4, 0.5) is 0 Å². The molecular weight excluding hydrogens is 308 g/mol. The van der Waals surface area contributed by atoms with Gasteiger partial charge < -0.3 is 15.1 Å². The summed E-state index contributed by atoms with van der Waals surface area (Å²) in [5.74, 6) is -0.679. The fourth-order valence-electron chi connectivity index (χ4n) is 2.78. The quantitative estimate of drug-likeness (QED) is 0.788. The molecule has 1 aromatic heterocycles. The molecule has 0 spiro atoms. The Labute approximate surface area is 142 Å². The van der Waals surface area contributed by atoms with Crippen molar-refractivity contribution in [1.29, 1.82) is 0 Å². The summed E-state index contributed by atoms with van der Waals surface area (Å²) in [5.41, 5.74) is 1.77. The van der Waals surface area contributed by atoms with Gasteiger partial charge in [0, 0.05) is 39.3 Å².